The van der Waals surface area contributed by atoms with Crippen LogP contribution in [-0.4, -0.2) is 25.9 Å². The summed E-state index contributed by atoms with van der Waals surface area (Å²) in [6.07, 6.45) is 0. The third-order valence-corrected chi connectivity index (χ3v) is 2.70. The van der Waals surface area contributed by atoms with E-state index in [2.05, 4.69) is 5.32 Å². The predicted octanol–water partition coefficient (Wildman–Crippen LogP) is 1.82. The second kappa shape index (κ2) is 5.43. The summed E-state index contributed by atoms with van der Waals surface area (Å²) in [6.45, 7) is 4.21. The summed E-state index contributed by atoms with van der Waals surface area (Å²) in [5, 5.41) is 13.0. The molecule has 1 rings (SSSR count). The molecule has 0 aromatic heterocycles. The molecule has 1 unspecified atom stereocenters. The lowest BCUT2D eigenvalue weighted by Crippen LogP contribution is -2.21. The molecule has 0 radical (unpaired) electrons. The maximum atomic E-state index is 9.84. The molecule has 0 amide bonds. The van der Waals surface area contributed by atoms with E-state index in [0.717, 1.165) is 11.1 Å². The molecular weight excluding hydrogens is 202 g/mol. The van der Waals surface area contributed by atoms with E-state index in [0.29, 0.717) is 6.61 Å². The Labute approximate surface area is 97.4 Å². The van der Waals surface area contributed by atoms with Crippen LogP contribution in [0, 0.1) is 0 Å². The molecule has 0 fully saturated rings. The number of nitrogens with one attached hydrogen (secondary N) is 1. The standard InChI is InChI=1S/C13H21NO2/c1-13(2,15)11-7-5-10(6-8-11)12(14-3)9-16-4/h5-8,12,14-15H,9H2,1-4H3. The van der Waals surface area contributed by atoms with Crippen LogP contribution in [-0.2, 0) is 10.3 Å². The topological polar surface area (TPSA) is 41.5 Å². The lowest BCUT2D eigenvalue weighted by atomic mass is 9.96. The van der Waals surface area contributed by atoms with Gasteiger partial charge in [-0.2, -0.15) is 0 Å². The Morgan fingerprint density at radius 3 is 2.25 bits per heavy atom. The smallest absolute Gasteiger partial charge is 0.0840 e. The summed E-state index contributed by atoms with van der Waals surface area (Å²) in [6, 6.07) is 8.15. The van der Waals surface area contributed by atoms with Gasteiger partial charge in [-0.3, -0.25) is 0 Å². The average molecular weight is 223 g/mol. The quantitative estimate of drug-likeness (QED) is 0.800. The van der Waals surface area contributed by atoms with Crippen molar-refractivity contribution in [3.63, 3.8) is 0 Å². The van der Waals surface area contributed by atoms with Gasteiger partial charge in [-0.25, -0.2) is 0 Å². The van der Waals surface area contributed by atoms with E-state index >= 15 is 0 Å². The zero-order chi connectivity index (χ0) is 12.2. The van der Waals surface area contributed by atoms with Crippen LogP contribution in [0.2, 0.25) is 0 Å². The van der Waals surface area contributed by atoms with E-state index < -0.39 is 5.60 Å². The van der Waals surface area contributed by atoms with Gasteiger partial charge < -0.3 is 15.2 Å². The van der Waals surface area contributed by atoms with Crippen LogP contribution in [0.3, 0.4) is 0 Å². The van der Waals surface area contributed by atoms with Gasteiger partial charge in [0.25, 0.3) is 0 Å². The van der Waals surface area contributed by atoms with Crippen LogP contribution >= 0.6 is 0 Å². The monoisotopic (exact) mass is 223 g/mol. The van der Waals surface area contributed by atoms with E-state index in [1.807, 2.05) is 31.3 Å². The van der Waals surface area contributed by atoms with Gasteiger partial charge in [0.2, 0.25) is 0 Å². The average Bonchev–Trinajstić information content (AvgIpc) is 2.25. The van der Waals surface area contributed by atoms with Gasteiger partial charge in [0.1, 0.15) is 0 Å². The minimum atomic E-state index is -0.783. The molecule has 3 nitrogen and oxygen atoms in total. The molecule has 16 heavy (non-hydrogen) atoms. The lowest BCUT2D eigenvalue weighted by molar-refractivity contribution is 0.0785. The summed E-state index contributed by atoms with van der Waals surface area (Å²) in [5.74, 6) is 0. The van der Waals surface area contributed by atoms with Gasteiger partial charge in [0.05, 0.1) is 18.2 Å². The van der Waals surface area contributed by atoms with Crippen LogP contribution in [0.15, 0.2) is 24.3 Å². The SMILES string of the molecule is CNC(COC)c1ccc(C(C)(C)O)cc1. The fourth-order valence-corrected chi connectivity index (χ4v) is 1.64. The van der Waals surface area contributed by atoms with Crippen LogP contribution in [0.4, 0.5) is 0 Å². The van der Waals surface area contributed by atoms with Gasteiger partial charge in [-0.05, 0) is 32.0 Å². The number of methoxy groups -OCH3 is 1. The van der Waals surface area contributed by atoms with Crippen LogP contribution < -0.4 is 5.32 Å². The van der Waals surface area contributed by atoms with Crippen LogP contribution in [0.25, 0.3) is 0 Å². The number of rotatable bonds is 5. The van der Waals surface area contributed by atoms with Crippen molar-refractivity contribution in [3.05, 3.63) is 35.4 Å². The number of hydrogen-bond acceptors (Lipinski definition) is 3. The zero-order valence-corrected chi connectivity index (χ0v) is 10.4. The molecule has 0 saturated carbocycles. The minimum absolute atomic E-state index is 0.195. The first-order chi connectivity index (χ1) is 7.49. The molecule has 0 bridgehead atoms. The largest absolute Gasteiger partial charge is 0.386 e. The van der Waals surface area contributed by atoms with Gasteiger partial charge in [0, 0.05) is 7.11 Å². The van der Waals surface area contributed by atoms with Gasteiger partial charge in [0.15, 0.2) is 0 Å². The second-order valence-electron chi connectivity index (χ2n) is 4.48. The Balaban J connectivity index is 2.85. The molecule has 3 heteroatoms. The van der Waals surface area contributed by atoms with Gasteiger partial charge in [-0.1, -0.05) is 24.3 Å². The number of benzene rings is 1. The first kappa shape index (κ1) is 13.2. The maximum absolute atomic E-state index is 9.84. The maximum Gasteiger partial charge on any atom is 0.0840 e. The molecule has 90 valence electrons. The fourth-order valence-electron chi connectivity index (χ4n) is 1.64. The third kappa shape index (κ3) is 3.30. The van der Waals surface area contributed by atoms with Gasteiger partial charge in [-0.15, -0.1) is 0 Å². The summed E-state index contributed by atoms with van der Waals surface area (Å²) in [5.41, 5.74) is 1.30. The Kier molecular flexibility index (Phi) is 4.47. The van der Waals surface area contributed by atoms with Crippen molar-refractivity contribution >= 4 is 0 Å². The molecule has 1 aromatic carbocycles. The Morgan fingerprint density at radius 1 is 1.31 bits per heavy atom. The number of hydrogen-bond donors (Lipinski definition) is 2. The molecule has 1 aromatic rings. The van der Waals surface area contributed by atoms with Crippen molar-refractivity contribution in [3.8, 4) is 0 Å². The van der Waals surface area contributed by atoms with E-state index in [-0.39, 0.29) is 6.04 Å². The summed E-state index contributed by atoms with van der Waals surface area (Å²) < 4.78 is 5.13. The van der Waals surface area contributed by atoms with Crippen molar-refractivity contribution in [1.82, 2.24) is 5.32 Å². The summed E-state index contributed by atoms with van der Waals surface area (Å²) >= 11 is 0. The van der Waals surface area contributed by atoms with Crippen molar-refractivity contribution in [1.29, 1.82) is 0 Å². The lowest BCUT2D eigenvalue weighted by Gasteiger charge is -2.20. The highest BCUT2D eigenvalue weighted by Crippen LogP contribution is 2.22. The predicted molar refractivity (Wildman–Crippen MR) is 65.4 cm³/mol. The summed E-state index contributed by atoms with van der Waals surface area (Å²) in [4.78, 5) is 0. The molecule has 0 aliphatic heterocycles. The normalized spacial score (nSPS) is 13.8. The molecule has 0 aliphatic rings. The van der Waals surface area contributed by atoms with Crippen LogP contribution in [0.1, 0.15) is 31.0 Å². The first-order valence-electron chi connectivity index (χ1n) is 5.48. The highest BCUT2D eigenvalue weighted by molar-refractivity contribution is 5.28. The third-order valence-electron chi connectivity index (χ3n) is 2.70. The highest BCUT2D eigenvalue weighted by atomic mass is 16.5. The molecule has 2 N–H and O–H groups in total. The van der Waals surface area contributed by atoms with Crippen molar-refractivity contribution in [2.75, 3.05) is 20.8 Å². The number of ether oxygens (including phenoxy) is 1. The molecule has 1 atom stereocenters. The molecule has 0 spiro atoms. The van der Waals surface area contributed by atoms with E-state index in [1.165, 1.54) is 0 Å². The van der Waals surface area contributed by atoms with Crippen molar-refractivity contribution in [2.45, 2.75) is 25.5 Å². The molecular formula is C13H21NO2. The molecule has 0 heterocycles. The van der Waals surface area contributed by atoms with E-state index in [9.17, 15) is 5.11 Å². The number of likely N-dealkylation sites (N-methyl/N-ethyl adjacent to an activating group) is 1. The fraction of sp³-hybridized carbons (Fsp3) is 0.538. The van der Waals surface area contributed by atoms with Gasteiger partial charge >= 0.3 is 0 Å². The van der Waals surface area contributed by atoms with Crippen LogP contribution in [0.5, 0.6) is 0 Å². The minimum Gasteiger partial charge on any atom is -0.386 e. The Morgan fingerprint density at radius 2 is 1.88 bits per heavy atom. The second-order valence-corrected chi connectivity index (χ2v) is 4.48. The zero-order valence-electron chi connectivity index (χ0n) is 10.4. The van der Waals surface area contributed by atoms with Crippen molar-refractivity contribution < 1.29 is 9.84 Å². The first-order valence-corrected chi connectivity index (χ1v) is 5.48. The Hall–Kier alpha value is -0.900. The van der Waals surface area contributed by atoms with E-state index in [4.69, 9.17) is 4.74 Å². The molecule has 0 aliphatic carbocycles. The van der Waals surface area contributed by atoms with E-state index in [1.54, 1.807) is 21.0 Å². The Bertz CT molecular complexity index is 314. The van der Waals surface area contributed by atoms with Crippen molar-refractivity contribution in [2.24, 2.45) is 0 Å². The number of aliphatic hydroxyl groups is 1. The molecule has 0 saturated heterocycles. The summed E-state index contributed by atoms with van der Waals surface area (Å²) in [7, 11) is 3.60. The highest BCUT2D eigenvalue weighted by Gasteiger charge is 2.16.